The second-order valence-corrected chi connectivity index (χ2v) is 4.59. The van der Waals surface area contributed by atoms with Gasteiger partial charge in [-0.15, -0.1) is 0 Å². The van der Waals surface area contributed by atoms with Crippen LogP contribution in [0.2, 0.25) is 0 Å². The molecule has 1 amide bonds. The Hall–Kier alpha value is -0.530. The maximum atomic E-state index is 11.3. The van der Waals surface area contributed by atoms with Gasteiger partial charge in [0.25, 0.3) is 0 Å². The third-order valence-electron chi connectivity index (χ3n) is 3.79. The molecule has 3 aliphatic rings. The Morgan fingerprint density at radius 3 is 2.25 bits per heavy atom. The zero-order valence-corrected chi connectivity index (χ0v) is 7.25. The van der Waals surface area contributed by atoms with E-state index >= 15 is 0 Å². The van der Waals surface area contributed by atoms with Crippen LogP contribution < -0.4 is 5.32 Å². The van der Waals surface area contributed by atoms with Crippen LogP contribution in [-0.4, -0.2) is 11.9 Å². The summed E-state index contributed by atoms with van der Waals surface area (Å²) in [6, 6.07) is 0.586. The van der Waals surface area contributed by atoms with Gasteiger partial charge in [0.2, 0.25) is 5.91 Å². The third-order valence-corrected chi connectivity index (χ3v) is 3.79. The first-order valence-electron chi connectivity index (χ1n) is 5.16. The van der Waals surface area contributed by atoms with E-state index in [0.29, 0.717) is 17.9 Å². The zero-order chi connectivity index (χ0) is 8.13. The molecular weight excluding hydrogens is 150 g/mol. The molecule has 0 spiro atoms. The zero-order valence-electron chi connectivity index (χ0n) is 7.25. The summed E-state index contributed by atoms with van der Waals surface area (Å²) in [5.41, 5.74) is 0. The van der Waals surface area contributed by atoms with Gasteiger partial charge in [-0.3, -0.25) is 4.79 Å². The summed E-state index contributed by atoms with van der Waals surface area (Å²) in [5, 5.41) is 3.06. The van der Waals surface area contributed by atoms with Crippen LogP contribution in [0.25, 0.3) is 0 Å². The molecule has 0 aromatic rings. The molecule has 0 aromatic heterocycles. The van der Waals surface area contributed by atoms with Gasteiger partial charge in [-0.25, -0.2) is 0 Å². The van der Waals surface area contributed by atoms with E-state index in [1.165, 1.54) is 32.1 Å². The van der Waals surface area contributed by atoms with Crippen LogP contribution in [0, 0.1) is 17.8 Å². The molecule has 1 aliphatic heterocycles. The van der Waals surface area contributed by atoms with Crippen molar-refractivity contribution in [3.63, 3.8) is 0 Å². The average molecular weight is 165 g/mol. The summed E-state index contributed by atoms with van der Waals surface area (Å²) in [7, 11) is 0. The molecule has 1 saturated heterocycles. The average Bonchev–Trinajstić information content (AvgIpc) is 2.74. The highest BCUT2D eigenvalue weighted by Crippen LogP contribution is 2.46. The van der Waals surface area contributed by atoms with Crippen LogP contribution in [0.1, 0.15) is 32.1 Å². The smallest absolute Gasteiger partial charge is 0.225 e. The van der Waals surface area contributed by atoms with Crippen molar-refractivity contribution in [2.45, 2.75) is 38.1 Å². The Morgan fingerprint density at radius 2 is 1.83 bits per heavy atom. The second kappa shape index (κ2) is 2.24. The van der Waals surface area contributed by atoms with E-state index in [-0.39, 0.29) is 0 Å². The Bertz CT molecular complexity index is 218. The normalized spacial score (nSPS) is 41.5. The van der Waals surface area contributed by atoms with Gasteiger partial charge in [-0.2, -0.15) is 0 Å². The number of amides is 1. The Kier molecular flexibility index (Phi) is 1.29. The lowest BCUT2D eigenvalue weighted by Gasteiger charge is -2.45. The number of hydrogen-bond acceptors (Lipinski definition) is 1. The fourth-order valence-corrected chi connectivity index (χ4v) is 2.59. The van der Waals surface area contributed by atoms with E-state index in [9.17, 15) is 4.79 Å². The molecule has 0 radical (unpaired) electrons. The minimum absolute atomic E-state index is 0.344. The quantitative estimate of drug-likeness (QED) is 0.614. The summed E-state index contributed by atoms with van der Waals surface area (Å²) >= 11 is 0. The van der Waals surface area contributed by atoms with Crippen molar-refractivity contribution in [2.24, 2.45) is 17.8 Å². The molecule has 2 heteroatoms. The number of nitrogens with one attached hydrogen (secondary N) is 1. The largest absolute Gasteiger partial charge is 0.352 e. The van der Waals surface area contributed by atoms with Crippen molar-refractivity contribution in [2.75, 3.05) is 0 Å². The summed E-state index contributed by atoms with van der Waals surface area (Å²) in [4.78, 5) is 11.3. The van der Waals surface area contributed by atoms with Gasteiger partial charge in [-0.05, 0) is 37.5 Å². The number of hydrogen-bond donors (Lipinski definition) is 1. The molecule has 0 aromatic carbocycles. The van der Waals surface area contributed by atoms with Crippen LogP contribution >= 0.6 is 0 Å². The predicted octanol–water partition coefficient (Wildman–Crippen LogP) is 1.31. The molecule has 2 aliphatic carbocycles. The molecule has 2 unspecified atom stereocenters. The molecular formula is C10H15NO. The molecule has 2 nitrogen and oxygen atoms in total. The van der Waals surface area contributed by atoms with E-state index in [2.05, 4.69) is 5.32 Å². The van der Waals surface area contributed by atoms with Gasteiger partial charge in [0.15, 0.2) is 0 Å². The standard InChI is InChI=1S/C10H15NO/c12-10-8(6-2-1-3-6)9(11-10)7-4-5-7/h6-9H,1-5H2,(H,11,12). The van der Waals surface area contributed by atoms with Crippen molar-refractivity contribution in [1.29, 1.82) is 0 Å². The van der Waals surface area contributed by atoms with Crippen molar-refractivity contribution < 1.29 is 4.79 Å². The lowest BCUT2D eigenvalue weighted by molar-refractivity contribution is -0.140. The maximum absolute atomic E-state index is 11.3. The van der Waals surface area contributed by atoms with Crippen molar-refractivity contribution in [1.82, 2.24) is 5.32 Å². The minimum Gasteiger partial charge on any atom is -0.352 e. The third kappa shape index (κ3) is 0.838. The first-order chi connectivity index (χ1) is 5.86. The fraction of sp³-hybridized carbons (Fsp3) is 0.900. The van der Waals surface area contributed by atoms with Crippen LogP contribution in [-0.2, 0) is 4.79 Å². The SMILES string of the molecule is O=C1NC(C2CC2)C1C1CCC1. The van der Waals surface area contributed by atoms with Gasteiger partial charge in [-0.1, -0.05) is 6.42 Å². The van der Waals surface area contributed by atoms with Crippen LogP contribution in [0.5, 0.6) is 0 Å². The number of carbonyl (C=O) groups excluding carboxylic acids is 1. The number of β-lactam (4-membered cyclic amide) rings is 1. The van der Waals surface area contributed by atoms with Gasteiger partial charge in [0.1, 0.15) is 0 Å². The highest BCUT2D eigenvalue weighted by Gasteiger charge is 2.51. The molecule has 3 fully saturated rings. The highest BCUT2D eigenvalue weighted by atomic mass is 16.2. The Balaban J connectivity index is 1.68. The second-order valence-electron chi connectivity index (χ2n) is 4.59. The minimum atomic E-state index is 0.344. The van der Waals surface area contributed by atoms with Gasteiger partial charge in [0, 0.05) is 6.04 Å². The van der Waals surface area contributed by atoms with Crippen LogP contribution in [0.15, 0.2) is 0 Å². The summed E-state index contributed by atoms with van der Waals surface area (Å²) < 4.78 is 0. The molecule has 1 heterocycles. The summed E-state index contributed by atoms with van der Waals surface area (Å²) in [5.74, 6) is 2.38. The first-order valence-corrected chi connectivity index (χ1v) is 5.16. The van der Waals surface area contributed by atoms with Gasteiger partial charge in [0.05, 0.1) is 5.92 Å². The van der Waals surface area contributed by atoms with E-state index in [1.807, 2.05) is 0 Å². The monoisotopic (exact) mass is 165 g/mol. The molecule has 2 atom stereocenters. The van der Waals surface area contributed by atoms with Crippen molar-refractivity contribution >= 4 is 5.91 Å². The van der Waals surface area contributed by atoms with Crippen LogP contribution in [0.3, 0.4) is 0 Å². The highest BCUT2D eigenvalue weighted by molar-refractivity contribution is 5.86. The van der Waals surface area contributed by atoms with E-state index in [4.69, 9.17) is 0 Å². The van der Waals surface area contributed by atoms with Crippen molar-refractivity contribution in [3.8, 4) is 0 Å². The van der Waals surface area contributed by atoms with Crippen molar-refractivity contribution in [3.05, 3.63) is 0 Å². The Morgan fingerprint density at radius 1 is 1.08 bits per heavy atom. The van der Waals surface area contributed by atoms with E-state index < -0.39 is 0 Å². The van der Waals surface area contributed by atoms with E-state index in [0.717, 1.165) is 11.8 Å². The first kappa shape index (κ1) is 6.93. The lowest BCUT2D eigenvalue weighted by atomic mass is 9.68. The topological polar surface area (TPSA) is 29.1 Å². The predicted molar refractivity (Wildman–Crippen MR) is 45.5 cm³/mol. The van der Waals surface area contributed by atoms with E-state index in [1.54, 1.807) is 0 Å². The summed E-state index contributed by atoms with van der Waals surface area (Å²) in [6.07, 6.45) is 6.68. The maximum Gasteiger partial charge on any atom is 0.225 e. The number of carbonyl (C=O) groups is 1. The lowest BCUT2D eigenvalue weighted by Crippen LogP contribution is -2.62. The molecule has 1 N–H and O–H groups in total. The molecule has 66 valence electrons. The molecule has 12 heavy (non-hydrogen) atoms. The van der Waals surface area contributed by atoms with Gasteiger partial charge < -0.3 is 5.32 Å². The Labute approximate surface area is 72.7 Å². The molecule has 2 saturated carbocycles. The molecule has 3 rings (SSSR count). The molecule has 0 bridgehead atoms. The number of rotatable bonds is 2. The van der Waals surface area contributed by atoms with Crippen LogP contribution in [0.4, 0.5) is 0 Å². The van der Waals surface area contributed by atoms with Gasteiger partial charge >= 0.3 is 0 Å². The fourth-order valence-electron chi connectivity index (χ4n) is 2.59. The summed E-state index contributed by atoms with van der Waals surface area (Å²) in [6.45, 7) is 0.